The van der Waals surface area contributed by atoms with Crippen molar-refractivity contribution in [3.05, 3.63) is 24.3 Å². The van der Waals surface area contributed by atoms with Gasteiger partial charge < -0.3 is 9.47 Å². The zero-order valence-corrected chi connectivity index (χ0v) is 18.7. The topological polar surface area (TPSA) is 52.6 Å². The number of unbranched alkanes of at least 4 members (excludes halogenated alkanes) is 9. The Balaban J connectivity index is 3.83. The highest BCUT2D eigenvalue weighted by molar-refractivity contribution is 5.88. The fourth-order valence-corrected chi connectivity index (χ4v) is 2.86. The third kappa shape index (κ3) is 15.5. The van der Waals surface area contributed by atoms with Gasteiger partial charge in [-0.15, -0.1) is 0 Å². The molecule has 0 bridgehead atoms. The summed E-state index contributed by atoms with van der Waals surface area (Å²) in [7, 11) is 0. The number of carbonyl (C=O) groups excluding carboxylic acids is 2. The van der Waals surface area contributed by atoms with Gasteiger partial charge in [0, 0.05) is 17.6 Å². The van der Waals surface area contributed by atoms with Crippen molar-refractivity contribution in [2.75, 3.05) is 0 Å². The molecule has 0 N–H and O–H groups in total. The SMILES string of the molecule is C=C(C)C(=O)OC(CCCCCCCCCCCCC(C)C)OC(=O)C(=C)C. The van der Waals surface area contributed by atoms with Gasteiger partial charge in [-0.05, 0) is 26.2 Å². The van der Waals surface area contributed by atoms with Crippen molar-refractivity contribution < 1.29 is 19.1 Å². The minimum atomic E-state index is -0.862. The Morgan fingerprint density at radius 1 is 0.643 bits per heavy atom. The molecule has 0 atom stereocenters. The van der Waals surface area contributed by atoms with E-state index in [0.717, 1.165) is 25.2 Å². The summed E-state index contributed by atoms with van der Waals surface area (Å²) in [5, 5.41) is 0. The van der Waals surface area contributed by atoms with E-state index in [1.807, 2.05) is 0 Å². The number of hydrogen-bond donors (Lipinski definition) is 0. The fourth-order valence-electron chi connectivity index (χ4n) is 2.86. The van der Waals surface area contributed by atoms with Crippen molar-refractivity contribution in [2.45, 2.75) is 111 Å². The van der Waals surface area contributed by atoms with Crippen molar-refractivity contribution in [3.8, 4) is 0 Å². The van der Waals surface area contributed by atoms with E-state index >= 15 is 0 Å². The molecule has 162 valence electrons. The lowest BCUT2D eigenvalue weighted by Gasteiger charge is -2.18. The van der Waals surface area contributed by atoms with Crippen LogP contribution in [0, 0.1) is 5.92 Å². The predicted molar refractivity (Wildman–Crippen MR) is 116 cm³/mol. The standard InChI is InChI=1S/C24H42O4/c1-19(2)17-15-13-11-9-7-8-10-12-14-16-18-22(27-23(25)20(3)4)28-24(26)21(5)6/h19,22H,3,5,7-18H2,1-2,4,6H3. The van der Waals surface area contributed by atoms with E-state index in [9.17, 15) is 9.59 Å². The van der Waals surface area contributed by atoms with Gasteiger partial charge in [0.05, 0.1) is 0 Å². The second-order valence-electron chi connectivity index (χ2n) is 8.31. The molecular formula is C24H42O4. The molecule has 0 amide bonds. The number of carbonyl (C=O) groups is 2. The molecule has 0 unspecified atom stereocenters. The molecule has 0 aliphatic heterocycles. The summed E-state index contributed by atoms with van der Waals surface area (Å²) in [4.78, 5) is 23.4. The summed E-state index contributed by atoms with van der Waals surface area (Å²) in [6.07, 6.45) is 13.3. The normalized spacial score (nSPS) is 10.9. The summed E-state index contributed by atoms with van der Waals surface area (Å²) in [5.41, 5.74) is 0.584. The van der Waals surface area contributed by atoms with Crippen LogP contribution in [0.2, 0.25) is 0 Å². The summed E-state index contributed by atoms with van der Waals surface area (Å²) in [6, 6.07) is 0. The lowest BCUT2D eigenvalue weighted by molar-refractivity contribution is -0.183. The van der Waals surface area contributed by atoms with E-state index in [1.54, 1.807) is 13.8 Å². The van der Waals surface area contributed by atoms with Crippen LogP contribution in [0.15, 0.2) is 24.3 Å². The van der Waals surface area contributed by atoms with Crippen molar-refractivity contribution >= 4 is 11.9 Å². The van der Waals surface area contributed by atoms with E-state index in [-0.39, 0.29) is 0 Å². The quantitative estimate of drug-likeness (QED) is 0.117. The molecule has 0 aliphatic rings. The van der Waals surface area contributed by atoms with Gasteiger partial charge in [0.1, 0.15) is 0 Å². The summed E-state index contributed by atoms with van der Waals surface area (Å²) >= 11 is 0. The zero-order valence-electron chi connectivity index (χ0n) is 18.7. The number of hydrogen-bond acceptors (Lipinski definition) is 4. The molecule has 0 heterocycles. The molecular weight excluding hydrogens is 352 g/mol. The van der Waals surface area contributed by atoms with Crippen molar-refractivity contribution in [1.82, 2.24) is 0 Å². The van der Waals surface area contributed by atoms with Crippen LogP contribution in [0.5, 0.6) is 0 Å². The first-order valence-corrected chi connectivity index (χ1v) is 11.0. The van der Waals surface area contributed by atoms with Crippen LogP contribution in [-0.4, -0.2) is 18.2 Å². The number of esters is 2. The second-order valence-corrected chi connectivity index (χ2v) is 8.31. The van der Waals surface area contributed by atoms with Crippen LogP contribution in [0.25, 0.3) is 0 Å². The summed E-state index contributed by atoms with van der Waals surface area (Å²) < 4.78 is 10.4. The molecule has 28 heavy (non-hydrogen) atoms. The van der Waals surface area contributed by atoms with Gasteiger partial charge >= 0.3 is 11.9 Å². The first kappa shape index (κ1) is 26.4. The molecule has 0 aliphatic carbocycles. The summed E-state index contributed by atoms with van der Waals surface area (Å²) in [5.74, 6) is -0.242. The van der Waals surface area contributed by atoms with Gasteiger partial charge in [-0.1, -0.05) is 91.2 Å². The van der Waals surface area contributed by atoms with Crippen LogP contribution in [0.3, 0.4) is 0 Å². The Morgan fingerprint density at radius 3 is 1.29 bits per heavy atom. The van der Waals surface area contributed by atoms with Crippen molar-refractivity contribution in [1.29, 1.82) is 0 Å². The number of ether oxygens (including phenoxy) is 2. The largest absolute Gasteiger partial charge is 0.422 e. The average Bonchev–Trinajstić information content (AvgIpc) is 2.61. The summed E-state index contributed by atoms with van der Waals surface area (Å²) in [6.45, 7) is 14.8. The molecule has 0 aromatic carbocycles. The Kier molecular flexibility index (Phi) is 15.5. The molecule has 0 rings (SSSR count). The first-order chi connectivity index (χ1) is 13.2. The van der Waals surface area contributed by atoms with E-state index in [1.165, 1.54) is 51.4 Å². The molecule has 0 saturated heterocycles. The molecule has 0 spiro atoms. The maximum atomic E-state index is 11.7. The minimum absolute atomic E-state index is 0.292. The molecule has 4 heteroatoms. The Labute approximate surface area is 172 Å². The van der Waals surface area contributed by atoms with Gasteiger partial charge in [0.2, 0.25) is 6.29 Å². The molecule has 0 saturated carbocycles. The second kappa shape index (κ2) is 16.4. The molecule has 0 radical (unpaired) electrons. The van der Waals surface area contributed by atoms with Gasteiger partial charge in [-0.3, -0.25) is 0 Å². The van der Waals surface area contributed by atoms with Crippen LogP contribution >= 0.6 is 0 Å². The third-order valence-electron chi connectivity index (χ3n) is 4.65. The maximum Gasteiger partial charge on any atom is 0.336 e. The third-order valence-corrected chi connectivity index (χ3v) is 4.65. The number of rotatable bonds is 17. The molecule has 4 nitrogen and oxygen atoms in total. The van der Waals surface area contributed by atoms with Crippen LogP contribution in [0.1, 0.15) is 105 Å². The highest BCUT2D eigenvalue weighted by Gasteiger charge is 2.19. The monoisotopic (exact) mass is 394 g/mol. The predicted octanol–water partition coefficient (Wildman–Crippen LogP) is 6.89. The lowest BCUT2D eigenvalue weighted by Crippen LogP contribution is -2.25. The van der Waals surface area contributed by atoms with Gasteiger partial charge in [0.25, 0.3) is 0 Å². The fraction of sp³-hybridized carbons (Fsp3) is 0.750. The Hall–Kier alpha value is -1.58. The highest BCUT2D eigenvalue weighted by Crippen LogP contribution is 2.16. The maximum absolute atomic E-state index is 11.7. The average molecular weight is 395 g/mol. The van der Waals surface area contributed by atoms with E-state index in [0.29, 0.717) is 17.6 Å². The smallest absolute Gasteiger partial charge is 0.336 e. The highest BCUT2D eigenvalue weighted by atomic mass is 16.7. The molecule has 0 aromatic heterocycles. The van der Waals surface area contributed by atoms with Gasteiger partial charge in [-0.2, -0.15) is 0 Å². The van der Waals surface area contributed by atoms with Crippen LogP contribution in [0.4, 0.5) is 0 Å². The van der Waals surface area contributed by atoms with E-state index in [2.05, 4.69) is 27.0 Å². The lowest BCUT2D eigenvalue weighted by atomic mass is 10.0. The van der Waals surface area contributed by atoms with Gasteiger partial charge in [-0.25, -0.2) is 9.59 Å². The van der Waals surface area contributed by atoms with Gasteiger partial charge in [0.15, 0.2) is 0 Å². The Bertz CT molecular complexity index is 451. The molecule has 0 aromatic rings. The minimum Gasteiger partial charge on any atom is -0.422 e. The van der Waals surface area contributed by atoms with E-state index < -0.39 is 18.2 Å². The first-order valence-electron chi connectivity index (χ1n) is 11.0. The van der Waals surface area contributed by atoms with Crippen molar-refractivity contribution in [2.24, 2.45) is 5.92 Å². The van der Waals surface area contributed by atoms with Crippen molar-refractivity contribution in [3.63, 3.8) is 0 Å². The Morgan fingerprint density at radius 2 is 0.964 bits per heavy atom. The van der Waals surface area contributed by atoms with Crippen LogP contribution in [-0.2, 0) is 19.1 Å². The van der Waals surface area contributed by atoms with Crippen LogP contribution < -0.4 is 0 Å². The molecule has 0 fully saturated rings. The zero-order chi connectivity index (χ0) is 21.4. The van der Waals surface area contributed by atoms with E-state index in [4.69, 9.17) is 9.47 Å².